The van der Waals surface area contributed by atoms with Crippen molar-refractivity contribution in [3.05, 3.63) is 29.3 Å². The highest BCUT2D eigenvalue weighted by molar-refractivity contribution is 7.89. The highest BCUT2D eigenvalue weighted by Gasteiger charge is 2.25. The molecule has 0 bridgehead atoms. The van der Waals surface area contributed by atoms with Crippen LogP contribution in [0, 0.1) is 0 Å². The number of sulfonamides is 1. The van der Waals surface area contributed by atoms with Crippen LogP contribution in [0.15, 0.2) is 23.1 Å². The molecule has 2 rings (SSSR count). The van der Waals surface area contributed by atoms with E-state index in [1.54, 1.807) is 12.1 Å². The monoisotopic (exact) mass is 297 g/mol. The maximum absolute atomic E-state index is 12.2. The van der Waals surface area contributed by atoms with Gasteiger partial charge in [0.05, 0.1) is 4.90 Å². The van der Waals surface area contributed by atoms with Crippen LogP contribution in [-0.4, -0.2) is 25.5 Å². The molecule has 20 heavy (non-hydrogen) atoms. The van der Waals surface area contributed by atoms with Gasteiger partial charge in [-0.2, -0.15) is 4.72 Å². The van der Waals surface area contributed by atoms with E-state index in [1.807, 2.05) is 13.0 Å². The van der Waals surface area contributed by atoms with Gasteiger partial charge in [-0.15, -0.1) is 0 Å². The van der Waals surface area contributed by atoms with Gasteiger partial charge in [0.25, 0.3) is 0 Å². The summed E-state index contributed by atoms with van der Waals surface area (Å²) in [4.78, 5) is 11.2. The van der Waals surface area contributed by atoms with Crippen LogP contribution < -0.4 is 4.72 Å². The predicted molar refractivity (Wildman–Crippen MR) is 75.1 cm³/mol. The molecule has 5 nitrogen and oxygen atoms in total. The molecule has 1 aromatic rings. The van der Waals surface area contributed by atoms with Crippen molar-refractivity contribution in [2.45, 2.75) is 50.0 Å². The summed E-state index contributed by atoms with van der Waals surface area (Å²) in [7, 11) is -3.78. The Morgan fingerprint density at radius 1 is 1.35 bits per heavy atom. The van der Waals surface area contributed by atoms with E-state index in [1.165, 1.54) is 5.56 Å². The van der Waals surface area contributed by atoms with Crippen molar-refractivity contribution in [2.75, 3.05) is 0 Å². The van der Waals surface area contributed by atoms with Gasteiger partial charge in [-0.1, -0.05) is 19.4 Å². The lowest BCUT2D eigenvalue weighted by Crippen LogP contribution is -2.40. The Labute approximate surface area is 119 Å². The van der Waals surface area contributed by atoms with Gasteiger partial charge in [0.15, 0.2) is 0 Å². The van der Waals surface area contributed by atoms with Crippen molar-refractivity contribution < 1.29 is 18.3 Å². The van der Waals surface area contributed by atoms with E-state index in [0.29, 0.717) is 6.42 Å². The molecule has 1 atom stereocenters. The fourth-order valence-corrected chi connectivity index (χ4v) is 3.77. The molecule has 0 aromatic heterocycles. The number of aliphatic carboxylic acids is 1. The molecule has 6 heteroatoms. The molecule has 1 aliphatic rings. The summed E-state index contributed by atoms with van der Waals surface area (Å²) in [6.07, 6.45) is 3.79. The van der Waals surface area contributed by atoms with E-state index in [4.69, 9.17) is 5.11 Å². The van der Waals surface area contributed by atoms with Crippen LogP contribution in [0.1, 0.15) is 37.3 Å². The molecular formula is C14H19NO4S. The molecular weight excluding hydrogens is 278 g/mol. The Kier molecular flexibility index (Phi) is 4.45. The van der Waals surface area contributed by atoms with Crippen molar-refractivity contribution in [1.82, 2.24) is 4.72 Å². The molecule has 1 aliphatic carbocycles. The van der Waals surface area contributed by atoms with Crippen molar-refractivity contribution in [2.24, 2.45) is 0 Å². The summed E-state index contributed by atoms with van der Waals surface area (Å²) in [6, 6.07) is 3.97. The molecule has 0 aliphatic heterocycles. The minimum atomic E-state index is -3.78. The lowest BCUT2D eigenvalue weighted by Gasteiger charge is -2.14. The van der Waals surface area contributed by atoms with Crippen molar-refractivity contribution >= 4 is 16.0 Å². The van der Waals surface area contributed by atoms with Gasteiger partial charge in [0, 0.05) is 0 Å². The predicted octanol–water partition coefficient (Wildman–Crippen LogP) is 1.71. The molecule has 0 heterocycles. The summed E-state index contributed by atoms with van der Waals surface area (Å²) in [5, 5.41) is 9.04. The average molecular weight is 297 g/mol. The average Bonchev–Trinajstić information content (AvgIpc) is 2.85. The van der Waals surface area contributed by atoms with E-state index in [2.05, 4.69) is 4.72 Å². The molecule has 0 amide bonds. The normalized spacial score (nSPS) is 15.8. The van der Waals surface area contributed by atoms with E-state index < -0.39 is 22.0 Å². The first kappa shape index (κ1) is 15.0. The number of benzene rings is 1. The lowest BCUT2D eigenvalue weighted by atomic mass is 10.1. The third-order valence-corrected chi connectivity index (χ3v) is 5.02. The molecule has 0 saturated heterocycles. The third kappa shape index (κ3) is 3.19. The summed E-state index contributed by atoms with van der Waals surface area (Å²) in [6.45, 7) is 1.82. The van der Waals surface area contributed by atoms with Crippen LogP contribution in [0.2, 0.25) is 0 Å². The molecule has 1 aromatic carbocycles. The van der Waals surface area contributed by atoms with Crippen LogP contribution in [0.25, 0.3) is 0 Å². The Hall–Kier alpha value is -1.40. The van der Waals surface area contributed by atoms with Gasteiger partial charge in [0.2, 0.25) is 10.0 Å². The van der Waals surface area contributed by atoms with Gasteiger partial charge < -0.3 is 5.11 Å². The summed E-state index contributed by atoms with van der Waals surface area (Å²) in [5.41, 5.74) is 2.24. The number of hydrogen-bond donors (Lipinski definition) is 2. The maximum atomic E-state index is 12.2. The van der Waals surface area contributed by atoms with Crippen LogP contribution >= 0.6 is 0 Å². The van der Waals surface area contributed by atoms with E-state index in [0.717, 1.165) is 24.8 Å². The number of aryl methyl sites for hydroxylation is 2. The lowest BCUT2D eigenvalue weighted by molar-refractivity contribution is -0.139. The highest BCUT2D eigenvalue weighted by atomic mass is 32.2. The van der Waals surface area contributed by atoms with Gasteiger partial charge >= 0.3 is 5.97 Å². The number of carbonyl (C=O) groups is 1. The number of carboxylic acids is 1. The Morgan fingerprint density at radius 3 is 2.70 bits per heavy atom. The number of carboxylic acid groups (broad SMARTS) is 1. The molecule has 0 spiro atoms. The molecule has 0 radical (unpaired) electrons. The second kappa shape index (κ2) is 5.93. The van der Waals surface area contributed by atoms with Gasteiger partial charge in [0.1, 0.15) is 6.04 Å². The first-order valence-electron chi connectivity index (χ1n) is 6.81. The van der Waals surface area contributed by atoms with Crippen molar-refractivity contribution in [1.29, 1.82) is 0 Å². The minimum absolute atomic E-state index is 0.153. The van der Waals surface area contributed by atoms with Gasteiger partial charge in [-0.05, 0) is 48.9 Å². The van der Waals surface area contributed by atoms with Crippen LogP contribution in [-0.2, 0) is 27.7 Å². The zero-order chi connectivity index (χ0) is 14.8. The SMILES string of the molecule is CCC[C@H](NS(=O)(=O)c1ccc2c(c1)CCC2)C(=O)O. The van der Waals surface area contributed by atoms with E-state index >= 15 is 0 Å². The van der Waals surface area contributed by atoms with Gasteiger partial charge in [-0.3, -0.25) is 4.79 Å². The number of hydrogen-bond acceptors (Lipinski definition) is 3. The molecule has 110 valence electrons. The molecule has 0 unspecified atom stereocenters. The number of fused-ring (bicyclic) bond motifs is 1. The topological polar surface area (TPSA) is 83.5 Å². The fraction of sp³-hybridized carbons (Fsp3) is 0.500. The molecule has 0 saturated carbocycles. The second-order valence-electron chi connectivity index (χ2n) is 5.08. The standard InChI is InChI=1S/C14H19NO4S/c1-2-4-13(14(16)17)15-20(18,19)12-8-7-10-5-3-6-11(10)9-12/h7-9,13,15H,2-6H2,1H3,(H,16,17)/t13-/m0/s1. The maximum Gasteiger partial charge on any atom is 0.321 e. The number of rotatable bonds is 6. The molecule has 2 N–H and O–H groups in total. The zero-order valence-corrected chi connectivity index (χ0v) is 12.2. The highest BCUT2D eigenvalue weighted by Crippen LogP contribution is 2.24. The zero-order valence-electron chi connectivity index (χ0n) is 11.4. The fourth-order valence-electron chi connectivity index (χ4n) is 2.49. The third-order valence-electron chi connectivity index (χ3n) is 3.55. The van der Waals surface area contributed by atoms with Crippen molar-refractivity contribution in [3.63, 3.8) is 0 Å². The second-order valence-corrected chi connectivity index (χ2v) is 6.80. The van der Waals surface area contributed by atoms with Gasteiger partial charge in [-0.25, -0.2) is 8.42 Å². The molecule has 0 fully saturated rings. The Bertz CT molecular complexity index is 610. The largest absolute Gasteiger partial charge is 0.480 e. The first-order valence-corrected chi connectivity index (χ1v) is 8.29. The Balaban J connectivity index is 2.23. The number of nitrogens with one attached hydrogen (secondary N) is 1. The van der Waals surface area contributed by atoms with Crippen LogP contribution in [0.3, 0.4) is 0 Å². The summed E-state index contributed by atoms with van der Waals surface area (Å²) < 4.78 is 26.8. The van der Waals surface area contributed by atoms with Crippen LogP contribution in [0.4, 0.5) is 0 Å². The Morgan fingerprint density at radius 2 is 2.05 bits per heavy atom. The first-order chi connectivity index (χ1) is 9.44. The van der Waals surface area contributed by atoms with E-state index in [-0.39, 0.29) is 11.3 Å². The van der Waals surface area contributed by atoms with Crippen molar-refractivity contribution in [3.8, 4) is 0 Å². The summed E-state index contributed by atoms with van der Waals surface area (Å²) >= 11 is 0. The van der Waals surface area contributed by atoms with E-state index in [9.17, 15) is 13.2 Å². The van der Waals surface area contributed by atoms with Crippen LogP contribution in [0.5, 0.6) is 0 Å². The summed E-state index contributed by atoms with van der Waals surface area (Å²) in [5.74, 6) is -1.14. The quantitative estimate of drug-likeness (QED) is 0.837. The smallest absolute Gasteiger partial charge is 0.321 e. The minimum Gasteiger partial charge on any atom is -0.480 e.